The molecule has 1 aromatic heterocycles. The fourth-order valence-electron chi connectivity index (χ4n) is 2.40. The van der Waals surface area contributed by atoms with E-state index in [2.05, 4.69) is 23.5 Å². The van der Waals surface area contributed by atoms with Gasteiger partial charge in [-0.25, -0.2) is 0 Å². The molecule has 1 heterocycles. The third-order valence-electron chi connectivity index (χ3n) is 3.34. The van der Waals surface area contributed by atoms with Gasteiger partial charge in [0.2, 0.25) is 5.76 Å². The number of nitriles is 1. The van der Waals surface area contributed by atoms with Crippen LogP contribution >= 0.6 is 0 Å². The minimum atomic E-state index is 0.362. The van der Waals surface area contributed by atoms with Crippen LogP contribution < -0.4 is 5.32 Å². The Morgan fingerprint density at radius 3 is 2.89 bits per heavy atom. The summed E-state index contributed by atoms with van der Waals surface area (Å²) >= 11 is 0. The van der Waals surface area contributed by atoms with E-state index in [1.54, 1.807) is 6.07 Å². The van der Waals surface area contributed by atoms with Crippen LogP contribution in [0.1, 0.15) is 29.1 Å². The van der Waals surface area contributed by atoms with Gasteiger partial charge in [-0.2, -0.15) is 5.26 Å². The van der Waals surface area contributed by atoms with Crippen LogP contribution in [0, 0.1) is 11.3 Å². The minimum Gasteiger partial charge on any atom is -0.449 e. The number of furan rings is 1. The fourth-order valence-corrected chi connectivity index (χ4v) is 2.40. The molecule has 0 radical (unpaired) electrons. The van der Waals surface area contributed by atoms with E-state index in [-0.39, 0.29) is 0 Å². The first-order chi connectivity index (χ1) is 8.85. The number of rotatable bonds is 3. The minimum absolute atomic E-state index is 0.362. The van der Waals surface area contributed by atoms with E-state index in [4.69, 9.17) is 9.68 Å². The Kier molecular flexibility index (Phi) is 2.77. The molecule has 2 aromatic rings. The van der Waals surface area contributed by atoms with Crippen LogP contribution in [-0.2, 0) is 19.4 Å². The van der Waals surface area contributed by atoms with Crippen molar-refractivity contribution in [3.8, 4) is 6.07 Å². The summed E-state index contributed by atoms with van der Waals surface area (Å²) in [6.45, 7) is 0.612. The first-order valence-electron chi connectivity index (χ1n) is 6.19. The van der Waals surface area contributed by atoms with Crippen molar-refractivity contribution in [1.29, 1.82) is 5.26 Å². The summed E-state index contributed by atoms with van der Waals surface area (Å²) < 4.78 is 5.32. The Morgan fingerprint density at radius 1 is 1.17 bits per heavy atom. The number of aryl methyl sites for hydroxylation is 2. The standard InChI is InChI=1S/C15H14N2O/c16-9-14-6-7-15(18-14)10-17-13-5-4-11-2-1-3-12(11)8-13/h4-8,17H,1-3,10H2. The predicted molar refractivity (Wildman–Crippen MR) is 69.2 cm³/mol. The van der Waals surface area contributed by atoms with Gasteiger partial charge in [0.1, 0.15) is 11.8 Å². The Labute approximate surface area is 106 Å². The van der Waals surface area contributed by atoms with Crippen LogP contribution in [0.3, 0.4) is 0 Å². The topological polar surface area (TPSA) is 49.0 Å². The Morgan fingerprint density at radius 2 is 2.06 bits per heavy atom. The van der Waals surface area contributed by atoms with Crippen LogP contribution in [0.4, 0.5) is 5.69 Å². The number of anilines is 1. The van der Waals surface area contributed by atoms with Crippen molar-refractivity contribution < 1.29 is 4.42 Å². The van der Waals surface area contributed by atoms with Gasteiger partial charge in [-0.05, 0) is 54.7 Å². The van der Waals surface area contributed by atoms with Crippen LogP contribution in [-0.4, -0.2) is 0 Å². The zero-order valence-corrected chi connectivity index (χ0v) is 10.1. The predicted octanol–water partition coefficient (Wildman–Crippen LogP) is 3.25. The van der Waals surface area contributed by atoms with Crippen LogP contribution in [0.5, 0.6) is 0 Å². The van der Waals surface area contributed by atoms with Gasteiger partial charge < -0.3 is 9.73 Å². The van der Waals surface area contributed by atoms with E-state index < -0.39 is 0 Å². The van der Waals surface area contributed by atoms with Gasteiger partial charge in [0, 0.05) is 5.69 Å². The summed E-state index contributed by atoms with van der Waals surface area (Å²) in [4.78, 5) is 0. The van der Waals surface area contributed by atoms with Crippen molar-refractivity contribution in [3.05, 3.63) is 53.0 Å². The Hall–Kier alpha value is -2.21. The fraction of sp³-hybridized carbons (Fsp3) is 0.267. The third-order valence-corrected chi connectivity index (χ3v) is 3.34. The molecule has 0 unspecified atom stereocenters. The monoisotopic (exact) mass is 238 g/mol. The molecular formula is C15H14N2O. The summed E-state index contributed by atoms with van der Waals surface area (Å²) in [5.41, 5.74) is 4.05. The zero-order valence-electron chi connectivity index (χ0n) is 10.1. The molecule has 0 fully saturated rings. The molecular weight excluding hydrogens is 224 g/mol. The van der Waals surface area contributed by atoms with E-state index in [0.29, 0.717) is 12.3 Å². The van der Waals surface area contributed by atoms with Crippen molar-refractivity contribution >= 4 is 5.69 Å². The summed E-state index contributed by atoms with van der Waals surface area (Å²) in [7, 11) is 0. The van der Waals surface area contributed by atoms with E-state index in [1.807, 2.05) is 12.1 Å². The van der Waals surface area contributed by atoms with Crippen molar-refractivity contribution in [2.75, 3.05) is 5.32 Å². The van der Waals surface area contributed by atoms with Gasteiger partial charge in [-0.1, -0.05) is 6.07 Å². The zero-order chi connectivity index (χ0) is 12.4. The lowest BCUT2D eigenvalue weighted by atomic mass is 10.1. The average molecular weight is 238 g/mol. The maximum absolute atomic E-state index is 8.68. The molecule has 0 spiro atoms. The molecule has 0 amide bonds. The highest BCUT2D eigenvalue weighted by molar-refractivity contribution is 5.50. The molecule has 3 rings (SSSR count). The van der Waals surface area contributed by atoms with Crippen LogP contribution in [0.25, 0.3) is 0 Å². The van der Waals surface area contributed by atoms with Crippen LogP contribution in [0.2, 0.25) is 0 Å². The van der Waals surface area contributed by atoms with Crippen molar-refractivity contribution in [3.63, 3.8) is 0 Å². The van der Waals surface area contributed by atoms with Crippen LogP contribution in [0.15, 0.2) is 34.7 Å². The lowest BCUT2D eigenvalue weighted by molar-refractivity contribution is 0.506. The molecule has 1 N–H and O–H groups in total. The molecule has 3 heteroatoms. The molecule has 18 heavy (non-hydrogen) atoms. The molecule has 1 aliphatic carbocycles. The number of hydrogen-bond donors (Lipinski definition) is 1. The number of nitrogens with one attached hydrogen (secondary N) is 1. The molecule has 90 valence electrons. The Bertz CT molecular complexity index is 607. The Balaban J connectivity index is 1.68. The molecule has 3 nitrogen and oxygen atoms in total. The molecule has 0 aliphatic heterocycles. The van der Waals surface area contributed by atoms with Gasteiger partial charge in [0.05, 0.1) is 6.54 Å². The highest BCUT2D eigenvalue weighted by Gasteiger charge is 2.10. The summed E-state index contributed by atoms with van der Waals surface area (Å²) in [5.74, 6) is 1.15. The second kappa shape index (κ2) is 4.58. The highest BCUT2D eigenvalue weighted by atomic mass is 16.3. The second-order valence-corrected chi connectivity index (χ2v) is 4.57. The van der Waals surface area contributed by atoms with Gasteiger partial charge in [0.25, 0.3) is 0 Å². The lowest BCUT2D eigenvalue weighted by Gasteiger charge is -2.06. The molecule has 0 atom stereocenters. The molecule has 0 saturated heterocycles. The van der Waals surface area contributed by atoms with E-state index in [0.717, 1.165) is 11.4 Å². The molecule has 1 aromatic carbocycles. The largest absolute Gasteiger partial charge is 0.449 e. The van der Waals surface area contributed by atoms with Crippen molar-refractivity contribution in [2.45, 2.75) is 25.8 Å². The maximum atomic E-state index is 8.68. The first-order valence-corrected chi connectivity index (χ1v) is 6.19. The smallest absolute Gasteiger partial charge is 0.203 e. The molecule has 0 saturated carbocycles. The number of fused-ring (bicyclic) bond motifs is 1. The van der Waals surface area contributed by atoms with Gasteiger partial charge >= 0.3 is 0 Å². The second-order valence-electron chi connectivity index (χ2n) is 4.57. The number of benzene rings is 1. The third kappa shape index (κ3) is 2.10. The first kappa shape index (κ1) is 10.9. The summed E-state index contributed by atoms with van der Waals surface area (Å²) in [5, 5.41) is 12.0. The summed E-state index contributed by atoms with van der Waals surface area (Å²) in [6.07, 6.45) is 3.66. The number of nitrogens with zero attached hydrogens (tertiary/aromatic N) is 1. The summed E-state index contributed by atoms with van der Waals surface area (Å²) in [6, 6.07) is 12.0. The van der Waals surface area contributed by atoms with Crippen molar-refractivity contribution in [2.24, 2.45) is 0 Å². The SMILES string of the molecule is N#Cc1ccc(CNc2ccc3c(c2)CCC3)o1. The van der Waals surface area contributed by atoms with E-state index in [9.17, 15) is 0 Å². The van der Waals surface area contributed by atoms with Crippen molar-refractivity contribution in [1.82, 2.24) is 0 Å². The lowest BCUT2D eigenvalue weighted by Crippen LogP contribution is -1.98. The van der Waals surface area contributed by atoms with Gasteiger partial charge in [0.15, 0.2) is 0 Å². The normalized spacial score (nSPS) is 13.1. The maximum Gasteiger partial charge on any atom is 0.203 e. The molecule has 1 aliphatic rings. The highest BCUT2D eigenvalue weighted by Crippen LogP contribution is 2.25. The molecule has 0 bridgehead atoms. The van der Waals surface area contributed by atoms with Gasteiger partial charge in [-0.3, -0.25) is 0 Å². The van der Waals surface area contributed by atoms with E-state index in [1.165, 1.54) is 30.4 Å². The quantitative estimate of drug-likeness (QED) is 0.892. The number of hydrogen-bond acceptors (Lipinski definition) is 3. The average Bonchev–Trinajstić information content (AvgIpc) is 3.04. The van der Waals surface area contributed by atoms with E-state index >= 15 is 0 Å². The van der Waals surface area contributed by atoms with Gasteiger partial charge in [-0.15, -0.1) is 0 Å².